The summed E-state index contributed by atoms with van der Waals surface area (Å²) in [7, 11) is 1.35. The first-order valence-corrected chi connectivity index (χ1v) is 5.79. The number of nitro benzene ring substituents is 1. The van der Waals surface area contributed by atoms with Gasteiger partial charge in [-0.25, -0.2) is 0 Å². The Kier molecular flexibility index (Phi) is 5.01. The van der Waals surface area contributed by atoms with Gasteiger partial charge in [0.05, 0.1) is 17.7 Å². The number of nitrogens with one attached hydrogen (secondary N) is 2. The van der Waals surface area contributed by atoms with Gasteiger partial charge in [-0.2, -0.15) is 0 Å². The summed E-state index contributed by atoms with van der Waals surface area (Å²) >= 11 is 0. The van der Waals surface area contributed by atoms with E-state index in [0.29, 0.717) is 0 Å². The van der Waals surface area contributed by atoms with E-state index in [0.717, 1.165) is 6.07 Å². The van der Waals surface area contributed by atoms with Gasteiger partial charge in [0.15, 0.2) is 0 Å². The molecule has 0 aromatic heterocycles. The number of non-ortho nitro benzene ring substituents is 1. The van der Waals surface area contributed by atoms with E-state index >= 15 is 0 Å². The fourth-order valence-electron chi connectivity index (χ4n) is 1.41. The Hall–Kier alpha value is -2.64. The van der Waals surface area contributed by atoms with Crippen LogP contribution in [0.4, 0.5) is 11.4 Å². The summed E-state index contributed by atoms with van der Waals surface area (Å²) in [6, 6.07) is 3.51. The predicted octanol–water partition coefficient (Wildman–Crippen LogP) is 1.07. The molecule has 0 aliphatic rings. The summed E-state index contributed by atoms with van der Waals surface area (Å²) in [5.41, 5.74) is -0.157. The van der Waals surface area contributed by atoms with Gasteiger partial charge in [0, 0.05) is 18.2 Å². The number of ether oxygens (including phenoxy) is 1. The second-order valence-corrected chi connectivity index (χ2v) is 4.22. The van der Waals surface area contributed by atoms with E-state index < -0.39 is 16.7 Å². The van der Waals surface area contributed by atoms with Crippen LogP contribution in [-0.2, 0) is 9.59 Å². The first-order chi connectivity index (χ1) is 9.35. The Labute approximate surface area is 115 Å². The largest absolute Gasteiger partial charge is 0.495 e. The van der Waals surface area contributed by atoms with E-state index in [-0.39, 0.29) is 23.2 Å². The van der Waals surface area contributed by atoms with E-state index in [1.54, 1.807) is 13.8 Å². The Morgan fingerprint density at radius 3 is 2.45 bits per heavy atom. The lowest BCUT2D eigenvalue weighted by Gasteiger charge is -2.11. The van der Waals surface area contributed by atoms with Gasteiger partial charge in [-0.1, -0.05) is 0 Å². The standard InChI is InChI=1S/C12H15N3O5/c1-7(2)13-11(16)12(17)14-9-6-8(15(18)19)4-5-10(9)20-3/h4-7H,1-3H3,(H,13,16)(H,14,17). The normalized spacial score (nSPS) is 10.0. The summed E-state index contributed by atoms with van der Waals surface area (Å²) < 4.78 is 4.97. The van der Waals surface area contributed by atoms with Crippen LogP contribution in [0.15, 0.2) is 18.2 Å². The molecule has 8 heteroatoms. The van der Waals surface area contributed by atoms with Crippen molar-refractivity contribution in [3.05, 3.63) is 28.3 Å². The van der Waals surface area contributed by atoms with Crippen LogP contribution in [0.25, 0.3) is 0 Å². The highest BCUT2D eigenvalue weighted by Gasteiger charge is 2.18. The number of hydrogen-bond donors (Lipinski definition) is 2. The van der Waals surface area contributed by atoms with Crippen molar-refractivity contribution in [3.63, 3.8) is 0 Å². The van der Waals surface area contributed by atoms with Crippen LogP contribution < -0.4 is 15.4 Å². The van der Waals surface area contributed by atoms with Gasteiger partial charge in [-0.15, -0.1) is 0 Å². The summed E-state index contributed by atoms with van der Waals surface area (Å²) in [5, 5.41) is 15.4. The van der Waals surface area contributed by atoms with E-state index in [9.17, 15) is 19.7 Å². The maximum atomic E-state index is 11.6. The minimum absolute atomic E-state index is 0.0607. The van der Waals surface area contributed by atoms with Gasteiger partial charge >= 0.3 is 11.8 Å². The lowest BCUT2D eigenvalue weighted by molar-refractivity contribution is -0.384. The molecule has 0 aliphatic carbocycles. The zero-order valence-corrected chi connectivity index (χ0v) is 11.3. The average molecular weight is 281 g/mol. The summed E-state index contributed by atoms with van der Waals surface area (Å²) in [4.78, 5) is 33.2. The molecule has 108 valence electrons. The fourth-order valence-corrected chi connectivity index (χ4v) is 1.41. The molecule has 0 spiro atoms. The molecule has 20 heavy (non-hydrogen) atoms. The van der Waals surface area contributed by atoms with Crippen molar-refractivity contribution < 1.29 is 19.2 Å². The van der Waals surface area contributed by atoms with Gasteiger partial charge in [0.1, 0.15) is 5.75 Å². The van der Waals surface area contributed by atoms with Gasteiger partial charge in [0.2, 0.25) is 0 Å². The van der Waals surface area contributed by atoms with Crippen LogP contribution in [0.1, 0.15) is 13.8 Å². The Balaban J connectivity index is 2.95. The van der Waals surface area contributed by atoms with Crippen molar-refractivity contribution in [2.75, 3.05) is 12.4 Å². The number of hydrogen-bond acceptors (Lipinski definition) is 5. The van der Waals surface area contributed by atoms with E-state index in [2.05, 4.69) is 10.6 Å². The SMILES string of the molecule is COc1ccc([N+](=O)[O-])cc1NC(=O)C(=O)NC(C)C. The van der Waals surface area contributed by atoms with Gasteiger partial charge < -0.3 is 15.4 Å². The number of carbonyl (C=O) groups excluding carboxylic acids is 2. The lowest BCUT2D eigenvalue weighted by Crippen LogP contribution is -2.39. The number of rotatable bonds is 4. The molecule has 0 unspecified atom stereocenters. The maximum Gasteiger partial charge on any atom is 0.313 e. The monoisotopic (exact) mass is 281 g/mol. The number of nitrogens with zero attached hydrogens (tertiary/aromatic N) is 1. The number of carbonyl (C=O) groups is 2. The van der Waals surface area contributed by atoms with Crippen molar-refractivity contribution in [3.8, 4) is 5.75 Å². The van der Waals surface area contributed by atoms with Crippen LogP contribution >= 0.6 is 0 Å². The zero-order chi connectivity index (χ0) is 15.3. The lowest BCUT2D eigenvalue weighted by atomic mass is 10.2. The molecule has 0 radical (unpaired) electrons. The first kappa shape index (κ1) is 15.4. The van der Waals surface area contributed by atoms with Gasteiger partial charge in [-0.05, 0) is 19.9 Å². The Bertz CT molecular complexity index is 542. The fraction of sp³-hybridized carbons (Fsp3) is 0.333. The molecule has 1 aromatic carbocycles. The van der Waals surface area contributed by atoms with Crippen LogP contribution in [0.5, 0.6) is 5.75 Å². The molecule has 1 aromatic rings. The van der Waals surface area contributed by atoms with Gasteiger partial charge in [-0.3, -0.25) is 19.7 Å². The summed E-state index contributed by atoms with van der Waals surface area (Å²) in [6.07, 6.45) is 0. The van der Waals surface area contributed by atoms with E-state index in [1.807, 2.05) is 0 Å². The van der Waals surface area contributed by atoms with E-state index in [1.165, 1.54) is 19.2 Å². The van der Waals surface area contributed by atoms with Crippen molar-refractivity contribution in [2.24, 2.45) is 0 Å². The number of amides is 2. The van der Waals surface area contributed by atoms with Crippen molar-refractivity contribution >= 4 is 23.2 Å². The van der Waals surface area contributed by atoms with Gasteiger partial charge in [0.25, 0.3) is 5.69 Å². The number of benzene rings is 1. The number of nitro groups is 1. The molecule has 0 saturated carbocycles. The molecule has 0 atom stereocenters. The summed E-state index contributed by atoms with van der Waals surface area (Å²) in [5.74, 6) is -1.52. The molecule has 2 N–H and O–H groups in total. The molecular formula is C12H15N3O5. The predicted molar refractivity (Wildman–Crippen MR) is 71.6 cm³/mol. The van der Waals surface area contributed by atoms with Crippen molar-refractivity contribution in [1.82, 2.24) is 5.32 Å². The smallest absolute Gasteiger partial charge is 0.313 e. The van der Waals surface area contributed by atoms with E-state index in [4.69, 9.17) is 4.74 Å². The quantitative estimate of drug-likeness (QED) is 0.487. The zero-order valence-electron chi connectivity index (χ0n) is 11.3. The molecule has 0 aliphatic heterocycles. The first-order valence-electron chi connectivity index (χ1n) is 5.79. The van der Waals surface area contributed by atoms with Crippen LogP contribution in [0.2, 0.25) is 0 Å². The molecular weight excluding hydrogens is 266 g/mol. The molecule has 0 bridgehead atoms. The average Bonchev–Trinajstić information content (AvgIpc) is 2.37. The third kappa shape index (κ3) is 3.94. The second kappa shape index (κ2) is 6.50. The van der Waals surface area contributed by atoms with Crippen LogP contribution in [0.3, 0.4) is 0 Å². The minimum atomic E-state index is -0.919. The Morgan fingerprint density at radius 1 is 1.30 bits per heavy atom. The second-order valence-electron chi connectivity index (χ2n) is 4.22. The molecule has 2 amide bonds. The highest BCUT2D eigenvalue weighted by molar-refractivity contribution is 6.39. The third-order valence-corrected chi connectivity index (χ3v) is 2.27. The highest BCUT2D eigenvalue weighted by atomic mass is 16.6. The molecule has 0 heterocycles. The molecule has 8 nitrogen and oxygen atoms in total. The van der Waals surface area contributed by atoms with Crippen molar-refractivity contribution in [2.45, 2.75) is 19.9 Å². The highest BCUT2D eigenvalue weighted by Crippen LogP contribution is 2.28. The maximum absolute atomic E-state index is 11.6. The third-order valence-electron chi connectivity index (χ3n) is 2.27. The Morgan fingerprint density at radius 2 is 1.95 bits per heavy atom. The van der Waals surface area contributed by atoms with Crippen LogP contribution in [-0.4, -0.2) is 29.9 Å². The minimum Gasteiger partial charge on any atom is -0.495 e. The number of anilines is 1. The molecule has 0 saturated heterocycles. The molecule has 1 rings (SSSR count). The summed E-state index contributed by atoms with van der Waals surface area (Å²) in [6.45, 7) is 3.41. The topological polar surface area (TPSA) is 111 Å². The van der Waals surface area contributed by atoms with Crippen molar-refractivity contribution in [1.29, 1.82) is 0 Å². The van der Waals surface area contributed by atoms with Crippen LogP contribution in [0, 0.1) is 10.1 Å². The molecule has 0 fully saturated rings. The number of methoxy groups -OCH3 is 1.